The van der Waals surface area contributed by atoms with Gasteiger partial charge in [0, 0.05) is 22.5 Å². The predicted molar refractivity (Wildman–Crippen MR) is 93.8 cm³/mol. The number of nitrogens with one attached hydrogen (secondary N) is 1. The molecule has 0 spiro atoms. The Morgan fingerprint density at radius 3 is 2.79 bits per heavy atom. The molecule has 0 saturated carbocycles. The molecule has 3 heterocycles. The van der Waals surface area contributed by atoms with Crippen LogP contribution in [0.2, 0.25) is 0 Å². The molecule has 0 fully saturated rings. The fourth-order valence-corrected chi connectivity index (χ4v) is 3.01. The number of aromatic nitrogens is 5. The summed E-state index contributed by atoms with van der Waals surface area (Å²) in [4.78, 5) is 11.8. The third kappa shape index (κ3) is 1.94. The fraction of sp³-hybridized carbons (Fsp3) is 0.235. The highest BCUT2D eigenvalue weighted by Crippen LogP contribution is 2.35. The van der Waals surface area contributed by atoms with E-state index in [4.69, 9.17) is 10.8 Å². The first-order valence-electron chi connectivity index (χ1n) is 7.77. The van der Waals surface area contributed by atoms with Gasteiger partial charge in [0.25, 0.3) is 0 Å². The van der Waals surface area contributed by atoms with Gasteiger partial charge in [0.05, 0.1) is 11.1 Å². The molecule has 0 aliphatic carbocycles. The highest BCUT2D eigenvalue weighted by Gasteiger charge is 2.20. The molecule has 1 aromatic carbocycles. The molecule has 7 nitrogen and oxygen atoms in total. The van der Waals surface area contributed by atoms with Crippen LogP contribution in [0, 0.1) is 6.92 Å². The minimum absolute atomic E-state index is 0.144. The van der Waals surface area contributed by atoms with Crippen molar-refractivity contribution in [2.45, 2.75) is 26.8 Å². The first-order valence-corrected chi connectivity index (χ1v) is 7.77. The van der Waals surface area contributed by atoms with Crippen molar-refractivity contribution < 1.29 is 5.11 Å². The Bertz CT molecular complexity index is 1080. The summed E-state index contributed by atoms with van der Waals surface area (Å²) < 4.78 is 1.85. The fourth-order valence-electron chi connectivity index (χ4n) is 3.01. The second-order valence-corrected chi connectivity index (χ2v) is 6.20. The van der Waals surface area contributed by atoms with Crippen LogP contribution >= 0.6 is 0 Å². The number of rotatable bonds is 2. The van der Waals surface area contributed by atoms with E-state index >= 15 is 0 Å². The molecule has 3 aromatic heterocycles. The van der Waals surface area contributed by atoms with Crippen LogP contribution in [0.4, 0.5) is 5.82 Å². The summed E-state index contributed by atoms with van der Waals surface area (Å²) >= 11 is 0. The lowest BCUT2D eigenvalue weighted by molar-refractivity contribution is 0.472. The molecule has 0 bridgehead atoms. The minimum atomic E-state index is 0.144. The molecule has 0 saturated heterocycles. The molecule has 0 unspecified atom stereocenters. The summed E-state index contributed by atoms with van der Waals surface area (Å²) in [7, 11) is 0. The first-order chi connectivity index (χ1) is 11.5. The number of phenols is 1. The van der Waals surface area contributed by atoms with Crippen molar-refractivity contribution in [1.29, 1.82) is 0 Å². The lowest BCUT2D eigenvalue weighted by Gasteiger charge is -2.05. The van der Waals surface area contributed by atoms with Crippen molar-refractivity contribution in [2.24, 2.45) is 0 Å². The summed E-state index contributed by atoms with van der Waals surface area (Å²) in [6.07, 6.45) is 1.45. The van der Waals surface area contributed by atoms with Gasteiger partial charge in [-0.1, -0.05) is 0 Å². The number of aromatic hydroxyl groups is 1. The van der Waals surface area contributed by atoms with E-state index < -0.39 is 0 Å². The largest absolute Gasteiger partial charge is 0.508 e. The molecule has 0 aliphatic rings. The van der Waals surface area contributed by atoms with Gasteiger partial charge in [-0.3, -0.25) is 0 Å². The quantitative estimate of drug-likeness (QED) is 0.525. The Labute approximate surface area is 138 Å². The molecule has 4 rings (SSSR count). The van der Waals surface area contributed by atoms with E-state index in [1.54, 1.807) is 6.07 Å². The van der Waals surface area contributed by atoms with Crippen molar-refractivity contribution in [3.63, 3.8) is 0 Å². The number of phenolic OH excluding ortho intramolecular Hbond substituents is 1. The molecule has 0 aliphatic heterocycles. The molecular formula is C17H18N6O. The van der Waals surface area contributed by atoms with Crippen LogP contribution in [-0.2, 0) is 0 Å². The van der Waals surface area contributed by atoms with Gasteiger partial charge in [0.2, 0.25) is 0 Å². The van der Waals surface area contributed by atoms with E-state index in [9.17, 15) is 5.11 Å². The molecule has 7 heteroatoms. The standard InChI is InChI=1S/C17H18N6O/c1-8(2)23-17-14(16(18)19-7-20-17)15(22-23)12-6-10-9(3)13(24)5-4-11(10)21-12/h4-8,21,24H,1-3H3,(H2,18,19,20). The van der Waals surface area contributed by atoms with Gasteiger partial charge in [0.1, 0.15) is 23.6 Å². The molecule has 0 radical (unpaired) electrons. The number of hydrogen-bond acceptors (Lipinski definition) is 5. The van der Waals surface area contributed by atoms with Crippen molar-refractivity contribution in [2.75, 3.05) is 5.73 Å². The van der Waals surface area contributed by atoms with E-state index in [1.807, 2.05) is 37.6 Å². The average molecular weight is 322 g/mol. The van der Waals surface area contributed by atoms with Gasteiger partial charge in [-0.2, -0.15) is 5.10 Å². The average Bonchev–Trinajstić information content (AvgIpc) is 3.13. The second kappa shape index (κ2) is 4.95. The van der Waals surface area contributed by atoms with Crippen LogP contribution < -0.4 is 5.73 Å². The van der Waals surface area contributed by atoms with E-state index in [0.717, 1.165) is 27.5 Å². The zero-order valence-corrected chi connectivity index (χ0v) is 13.7. The smallest absolute Gasteiger partial charge is 0.164 e. The molecule has 24 heavy (non-hydrogen) atoms. The number of aromatic amines is 1. The summed E-state index contributed by atoms with van der Waals surface area (Å²) in [5.74, 6) is 0.675. The highest BCUT2D eigenvalue weighted by atomic mass is 16.3. The number of nitrogen functional groups attached to an aromatic ring is 1. The summed E-state index contributed by atoms with van der Waals surface area (Å²) in [5, 5.41) is 16.3. The number of hydrogen-bond donors (Lipinski definition) is 3. The van der Waals surface area contributed by atoms with Gasteiger partial charge in [-0.15, -0.1) is 0 Å². The first kappa shape index (κ1) is 14.5. The lowest BCUT2D eigenvalue weighted by Crippen LogP contribution is -2.04. The number of H-pyrrole nitrogens is 1. The number of anilines is 1. The van der Waals surface area contributed by atoms with Crippen LogP contribution in [0.15, 0.2) is 24.5 Å². The molecule has 4 aromatic rings. The second-order valence-electron chi connectivity index (χ2n) is 6.20. The SMILES string of the molecule is Cc1c(O)ccc2[nH]c(-c3nn(C(C)C)c4ncnc(N)c34)cc12. The van der Waals surface area contributed by atoms with Crippen molar-refractivity contribution in [1.82, 2.24) is 24.7 Å². The maximum atomic E-state index is 9.92. The van der Waals surface area contributed by atoms with Crippen LogP contribution in [0.1, 0.15) is 25.5 Å². The number of benzene rings is 1. The Morgan fingerprint density at radius 2 is 2.04 bits per heavy atom. The Morgan fingerprint density at radius 1 is 1.25 bits per heavy atom. The van der Waals surface area contributed by atoms with Crippen molar-refractivity contribution in [3.05, 3.63) is 30.1 Å². The number of nitrogens with zero attached hydrogens (tertiary/aromatic N) is 4. The zero-order chi connectivity index (χ0) is 17.0. The third-order valence-corrected chi connectivity index (χ3v) is 4.31. The summed E-state index contributed by atoms with van der Waals surface area (Å²) in [6.45, 7) is 5.97. The van der Waals surface area contributed by atoms with Crippen LogP contribution in [0.25, 0.3) is 33.3 Å². The third-order valence-electron chi connectivity index (χ3n) is 4.31. The van der Waals surface area contributed by atoms with E-state index in [-0.39, 0.29) is 11.8 Å². The molecule has 0 amide bonds. The lowest BCUT2D eigenvalue weighted by atomic mass is 10.1. The monoisotopic (exact) mass is 322 g/mol. The number of nitrogens with two attached hydrogens (primary N) is 1. The maximum Gasteiger partial charge on any atom is 0.164 e. The number of aryl methyl sites for hydroxylation is 1. The zero-order valence-electron chi connectivity index (χ0n) is 13.7. The number of fused-ring (bicyclic) bond motifs is 2. The molecular weight excluding hydrogens is 304 g/mol. The summed E-state index contributed by atoms with van der Waals surface area (Å²) in [6, 6.07) is 5.65. The maximum absolute atomic E-state index is 9.92. The Balaban J connectivity index is 2.05. The van der Waals surface area contributed by atoms with Gasteiger partial charge in [-0.25, -0.2) is 14.6 Å². The Hall–Kier alpha value is -3.09. The van der Waals surface area contributed by atoms with E-state index in [0.29, 0.717) is 17.2 Å². The van der Waals surface area contributed by atoms with Crippen molar-refractivity contribution in [3.8, 4) is 17.1 Å². The Kier molecular flexibility index (Phi) is 2.99. The van der Waals surface area contributed by atoms with Gasteiger partial charge in [-0.05, 0) is 39.0 Å². The van der Waals surface area contributed by atoms with Crippen LogP contribution in [0.5, 0.6) is 5.75 Å². The highest BCUT2D eigenvalue weighted by molar-refractivity contribution is 6.00. The molecule has 122 valence electrons. The topological polar surface area (TPSA) is 106 Å². The molecule has 4 N–H and O–H groups in total. The normalized spacial score (nSPS) is 11.8. The van der Waals surface area contributed by atoms with Gasteiger partial charge < -0.3 is 15.8 Å². The molecule has 0 atom stereocenters. The predicted octanol–water partition coefficient (Wildman–Crippen LogP) is 3.15. The van der Waals surface area contributed by atoms with Crippen LogP contribution in [-0.4, -0.2) is 29.8 Å². The van der Waals surface area contributed by atoms with Crippen LogP contribution in [0.3, 0.4) is 0 Å². The van der Waals surface area contributed by atoms with E-state index in [2.05, 4.69) is 15.0 Å². The van der Waals surface area contributed by atoms with Crippen molar-refractivity contribution >= 4 is 27.8 Å². The summed E-state index contributed by atoms with van der Waals surface area (Å²) in [5.41, 5.74) is 10.1. The van der Waals surface area contributed by atoms with Gasteiger partial charge >= 0.3 is 0 Å². The van der Waals surface area contributed by atoms with Gasteiger partial charge in [0.15, 0.2) is 5.65 Å². The minimum Gasteiger partial charge on any atom is -0.508 e. The van der Waals surface area contributed by atoms with E-state index in [1.165, 1.54) is 6.33 Å².